The number of hydrogen-bond acceptors (Lipinski definition) is 2. The fourth-order valence-electron chi connectivity index (χ4n) is 2.09. The van der Waals surface area contributed by atoms with E-state index in [2.05, 4.69) is 24.4 Å². The maximum Gasteiger partial charge on any atom is 0.304 e. The third kappa shape index (κ3) is 3.20. The second kappa shape index (κ2) is 5.71. The monoisotopic (exact) mass is 209 g/mol. The molecule has 1 atom stereocenters. The van der Waals surface area contributed by atoms with Crippen LogP contribution < -0.4 is 5.32 Å². The molecule has 1 aliphatic carbocycles. The van der Waals surface area contributed by atoms with Crippen LogP contribution in [-0.4, -0.2) is 23.7 Å². The molecular formula is C12H19NO2. The molecule has 0 bridgehead atoms. The lowest BCUT2D eigenvalue weighted by Gasteiger charge is -2.13. The molecule has 0 aromatic heterocycles. The van der Waals surface area contributed by atoms with Crippen molar-refractivity contribution in [3.8, 4) is 0 Å². The van der Waals surface area contributed by atoms with Crippen molar-refractivity contribution in [2.45, 2.75) is 39.2 Å². The van der Waals surface area contributed by atoms with Gasteiger partial charge in [0.15, 0.2) is 0 Å². The molecule has 1 aliphatic rings. The molecule has 0 aromatic carbocycles. The Morgan fingerprint density at radius 3 is 2.80 bits per heavy atom. The Labute approximate surface area is 90.9 Å². The van der Waals surface area contributed by atoms with Gasteiger partial charge in [0.25, 0.3) is 0 Å². The minimum atomic E-state index is -0.742. The molecule has 84 valence electrons. The van der Waals surface area contributed by atoms with E-state index in [9.17, 15) is 4.79 Å². The molecule has 0 aromatic rings. The van der Waals surface area contributed by atoms with Crippen LogP contribution in [0.15, 0.2) is 23.3 Å². The Hall–Kier alpha value is -1.09. The molecule has 1 unspecified atom stereocenters. The van der Waals surface area contributed by atoms with Gasteiger partial charge in [-0.1, -0.05) is 12.2 Å². The Morgan fingerprint density at radius 1 is 1.53 bits per heavy atom. The van der Waals surface area contributed by atoms with Crippen LogP contribution in [-0.2, 0) is 4.79 Å². The minimum Gasteiger partial charge on any atom is -0.481 e. The highest BCUT2D eigenvalue weighted by atomic mass is 16.4. The van der Waals surface area contributed by atoms with E-state index in [4.69, 9.17) is 5.11 Å². The second-order valence-electron chi connectivity index (χ2n) is 3.75. The van der Waals surface area contributed by atoms with Crippen molar-refractivity contribution >= 4 is 5.97 Å². The van der Waals surface area contributed by atoms with Crippen LogP contribution in [0.3, 0.4) is 0 Å². The summed E-state index contributed by atoms with van der Waals surface area (Å²) in [6.45, 7) is 4.64. The van der Waals surface area contributed by atoms with Crippen molar-refractivity contribution < 1.29 is 9.90 Å². The van der Waals surface area contributed by atoms with Crippen LogP contribution in [0.4, 0.5) is 0 Å². The molecule has 1 fully saturated rings. The van der Waals surface area contributed by atoms with Gasteiger partial charge in [0.05, 0.1) is 6.42 Å². The van der Waals surface area contributed by atoms with Crippen LogP contribution in [0.25, 0.3) is 0 Å². The second-order valence-corrected chi connectivity index (χ2v) is 3.75. The lowest BCUT2D eigenvalue weighted by Crippen LogP contribution is -2.29. The van der Waals surface area contributed by atoms with Gasteiger partial charge in [-0.25, -0.2) is 0 Å². The van der Waals surface area contributed by atoms with Crippen molar-refractivity contribution in [1.82, 2.24) is 5.32 Å². The first-order chi connectivity index (χ1) is 7.19. The largest absolute Gasteiger partial charge is 0.481 e. The highest BCUT2D eigenvalue weighted by Crippen LogP contribution is 2.30. The van der Waals surface area contributed by atoms with Gasteiger partial charge in [0, 0.05) is 12.6 Å². The molecule has 0 aliphatic heterocycles. The van der Waals surface area contributed by atoms with E-state index >= 15 is 0 Å². The molecular weight excluding hydrogens is 190 g/mol. The number of carboxylic acids is 1. The maximum atomic E-state index is 10.4. The van der Waals surface area contributed by atoms with Gasteiger partial charge < -0.3 is 10.4 Å². The number of hydrogen-bond donors (Lipinski definition) is 2. The Kier molecular flexibility index (Phi) is 4.56. The molecule has 2 N–H and O–H groups in total. The van der Waals surface area contributed by atoms with Gasteiger partial charge in [-0.15, -0.1) is 0 Å². The first-order valence-corrected chi connectivity index (χ1v) is 5.46. The van der Waals surface area contributed by atoms with Gasteiger partial charge >= 0.3 is 5.97 Å². The molecule has 15 heavy (non-hydrogen) atoms. The van der Waals surface area contributed by atoms with E-state index in [1.165, 1.54) is 11.1 Å². The van der Waals surface area contributed by atoms with Crippen LogP contribution in [0.1, 0.15) is 33.1 Å². The first-order valence-electron chi connectivity index (χ1n) is 5.46. The van der Waals surface area contributed by atoms with Gasteiger partial charge in [-0.3, -0.25) is 4.79 Å². The number of nitrogens with one attached hydrogen (secondary N) is 1. The van der Waals surface area contributed by atoms with Gasteiger partial charge in [-0.05, 0) is 37.8 Å². The van der Waals surface area contributed by atoms with Crippen molar-refractivity contribution in [3.05, 3.63) is 23.3 Å². The lowest BCUT2D eigenvalue weighted by atomic mass is 10.1. The smallest absolute Gasteiger partial charge is 0.304 e. The standard InChI is InChI=1S/C12H19NO2/c1-3-9-5-6-11(10(9)4-2)13-8-7-12(14)15/h3-4,11,13H,5-8H2,1-2H3,(H,14,15)/b9-3-,10-4+. The predicted molar refractivity (Wildman–Crippen MR) is 60.8 cm³/mol. The number of allylic oxidation sites excluding steroid dienone is 2. The van der Waals surface area contributed by atoms with E-state index in [-0.39, 0.29) is 6.42 Å². The zero-order valence-electron chi connectivity index (χ0n) is 9.42. The highest BCUT2D eigenvalue weighted by Gasteiger charge is 2.23. The van der Waals surface area contributed by atoms with Crippen LogP contribution >= 0.6 is 0 Å². The zero-order valence-corrected chi connectivity index (χ0v) is 9.42. The summed E-state index contributed by atoms with van der Waals surface area (Å²) in [5.74, 6) is -0.742. The molecule has 1 saturated carbocycles. The Balaban J connectivity index is 2.47. The average Bonchev–Trinajstić information content (AvgIpc) is 2.59. The molecule has 0 heterocycles. The van der Waals surface area contributed by atoms with Crippen molar-refractivity contribution in [1.29, 1.82) is 0 Å². The van der Waals surface area contributed by atoms with Crippen molar-refractivity contribution in [3.63, 3.8) is 0 Å². The fourth-order valence-corrected chi connectivity index (χ4v) is 2.09. The quantitative estimate of drug-likeness (QED) is 0.745. The molecule has 3 nitrogen and oxygen atoms in total. The van der Waals surface area contributed by atoms with E-state index in [0.717, 1.165) is 12.8 Å². The SMILES string of the molecule is C/C=C1/CCC(NCCC(=O)O)/C1=C/C. The summed E-state index contributed by atoms with van der Waals surface area (Å²) in [6, 6.07) is 0.348. The van der Waals surface area contributed by atoms with Crippen LogP contribution in [0.2, 0.25) is 0 Å². The van der Waals surface area contributed by atoms with E-state index < -0.39 is 5.97 Å². The number of rotatable bonds is 4. The summed E-state index contributed by atoms with van der Waals surface area (Å²) in [6.07, 6.45) is 6.65. The Bertz CT molecular complexity index is 292. The summed E-state index contributed by atoms with van der Waals surface area (Å²) < 4.78 is 0. The number of carbonyl (C=O) groups is 1. The summed E-state index contributed by atoms with van der Waals surface area (Å²) >= 11 is 0. The lowest BCUT2D eigenvalue weighted by molar-refractivity contribution is -0.136. The molecule has 0 spiro atoms. The summed E-state index contributed by atoms with van der Waals surface area (Å²) in [5.41, 5.74) is 2.73. The molecule has 0 saturated heterocycles. The van der Waals surface area contributed by atoms with Crippen LogP contribution in [0, 0.1) is 0 Å². The number of aliphatic carboxylic acids is 1. The molecule has 0 radical (unpaired) electrons. The molecule has 0 amide bonds. The predicted octanol–water partition coefficient (Wildman–Crippen LogP) is 2.11. The number of carboxylic acid groups (broad SMARTS) is 1. The fraction of sp³-hybridized carbons (Fsp3) is 0.583. The third-order valence-corrected chi connectivity index (χ3v) is 2.84. The third-order valence-electron chi connectivity index (χ3n) is 2.84. The minimum absolute atomic E-state index is 0.193. The van der Waals surface area contributed by atoms with E-state index in [0.29, 0.717) is 12.6 Å². The zero-order chi connectivity index (χ0) is 11.3. The molecule has 3 heteroatoms. The van der Waals surface area contributed by atoms with Gasteiger partial charge in [0.2, 0.25) is 0 Å². The van der Waals surface area contributed by atoms with E-state index in [1.807, 2.05) is 6.92 Å². The van der Waals surface area contributed by atoms with E-state index in [1.54, 1.807) is 0 Å². The van der Waals surface area contributed by atoms with Gasteiger partial charge in [0.1, 0.15) is 0 Å². The summed E-state index contributed by atoms with van der Waals surface area (Å²) in [7, 11) is 0. The molecule has 1 rings (SSSR count). The average molecular weight is 209 g/mol. The first kappa shape index (κ1) is 12.0. The maximum absolute atomic E-state index is 10.4. The topological polar surface area (TPSA) is 49.3 Å². The van der Waals surface area contributed by atoms with Gasteiger partial charge in [-0.2, -0.15) is 0 Å². The van der Waals surface area contributed by atoms with Crippen LogP contribution in [0.5, 0.6) is 0 Å². The van der Waals surface area contributed by atoms with Crippen molar-refractivity contribution in [2.75, 3.05) is 6.54 Å². The summed E-state index contributed by atoms with van der Waals surface area (Å²) in [4.78, 5) is 10.4. The normalized spacial score (nSPS) is 26.4. The summed E-state index contributed by atoms with van der Waals surface area (Å²) in [5, 5.41) is 11.8. The van der Waals surface area contributed by atoms with Crippen molar-refractivity contribution in [2.24, 2.45) is 0 Å². The highest BCUT2D eigenvalue weighted by molar-refractivity contribution is 5.66. The Morgan fingerprint density at radius 2 is 2.27 bits per heavy atom.